The van der Waals surface area contributed by atoms with E-state index in [0.717, 1.165) is 18.4 Å². The van der Waals surface area contributed by atoms with Gasteiger partial charge in [0.25, 0.3) is 0 Å². The molecule has 0 spiro atoms. The van der Waals surface area contributed by atoms with Crippen molar-refractivity contribution in [3.63, 3.8) is 0 Å². The lowest BCUT2D eigenvalue weighted by molar-refractivity contribution is -0.105. The number of carbonyl (C=O) groups excluding carboxylic acids is 2. The molecular weight excluding hydrogens is 516 g/mol. The normalized spacial score (nSPS) is 20.8. The first kappa shape index (κ1) is 30.4. The van der Waals surface area contributed by atoms with Crippen LogP contribution in [0.1, 0.15) is 30.9 Å². The van der Waals surface area contributed by atoms with Gasteiger partial charge in [0.1, 0.15) is 12.2 Å². The molecule has 4 unspecified atom stereocenters. The fourth-order valence-corrected chi connectivity index (χ4v) is 5.01. The van der Waals surface area contributed by atoms with Gasteiger partial charge in [0, 0.05) is 37.9 Å². The third-order valence-corrected chi connectivity index (χ3v) is 7.10. The molecule has 3 amide bonds. The zero-order valence-corrected chi connectivity index (χ0v) is 23.0. The molecule has 4 N–H and O–H groups in total. The SMILES string of the molecule is CNCC(O)C(CC1CCOCC1)NC(=O)N1CCOC(C(OCCNC(=O)OC)c2cccc(Cl)c2)C1. The third-order valence-electron chi connectivity index (χ3n) is 6.86. The Morgan fingerprint density at radius 2 is 2.05 bits per heavy atom. The molecule has 2 fully saturated rings. The van der Waals surface area contributed by atoms with Crippen LogP contribution in [-0.4, -0.2) is 107 Å². The van der Waals surface area contributed by atoms with Crippen molar-refractivity contribution < 1.29 is 33.6 Å². The van der Waals surface area contributed by atoms with Gasteiger partial charge in [-0.05, 0) is 49.9 Å². The maximum atomic E-state index is 13.4. The minimum absolute atomic E-state index is 0.210. The Bertz CT molecular complexity index is 874. The molecule has 2 heterocycles. The van der Waals surface area contributed by atoms with Crippen LogP contribution >= 0.6 is 11.6 Å². The second-order valence-electron chi connectivity index (χ2n) is 9.59. The first-order valence-electron chi connectivity index (χ1n) is 13.2. The van der Waals surface area contributed by atoms with Crippen molar-refractivity contribution in [3.05, 3.63) is 34.9 Å². The van der Waals surface area contributed by atoms with Gasteiger partial charge in [0.15, 0.2) is 0 Å². The molecule has 0 aliphatic carbocycles. The summed E-state index contributed by atoms with van der Waals surface area (Å²) in [5.41, 5.74) is 0.810. The van der Waals surface area contributed by atoms with Crippen molar-refractivity contribution in [3.8, 4) is 0 Å². The Morgan fingerprint density at radius 1 is 1.26 bits per heavy atom. The highest BCUT2D eigenvalue weighted by atomic mass is 35.5. The van der Waals surface area contributed by atoms with E-state index in [1.54, 1.807) is 24.1 Å². The number of alkyl carbamates (subject to hydrolysis) is 1. The van der Waals surface area contributed by atoms with Gasteiger partial charge in [-0.2, -0.15) is 0 Å². The summed E-state index contributed by atoms with van der Waals surface area (Å²) < 4.78 is 22.2. The predicted molar refractivity (Wildman–Crippen MR) is 142 cm³/mol. The van der Waals surface area contributed by atoms with Gasteiger partial charge in [0.2, 0.25) is 0 Å². The van der Waals surface area contributed by atoms with Crippen LogP contribution in [0.4, 0.5) is 9.59 Å². The largest absolute Gasteiger partial charge is 0.453 e. The number of rotatable bonds is 12. The molecule has 38 heavy (non-hydrogen) atoms. The Balaban J connectivity index is 1.66. The van der Waals surface area contributed by atoms with Gasteiger partial charge >= 0.3 is 12.1 Å². The number of nitrogens with one attached hydrogen (secondary N) is 3. The molecule has 1 aromatic carbocycles. The van der Waals surface area contributed by atoms with Crippen molar-refractivity contribution in [1.82, 2.24) is 20.9 Å². The number of ether oxygens (including phenoxy) is 4. The van der Waals surface area contributed by atoms with E-state index in [1.807, 2.05) is 12.1 Å². The molecule has 0 radical (unpaired) electrons. The predicted octanol–water partition coefficient (Wildman–Crippen LogP) is 1.93. The summed E-state index contributed by atoms with van der Waals surface area (Å²) in [7, 11) is 3.08. The van der Waals surface area contributed by atoms with Crippen LogP contribution in [0, 0.1) is 5.92 Å². The van der Waals surface area contributed by atoms with E-state index in [0.29, 0.717) is 56.8 Å². The van der Waals surface area contributed by atoms with Crippen molar-refractivity contribution in [2.45, 2.75) is 43.6 Å². The van der Waals surface area contributed by atoms with Crippen LogP contribution < -0.4 is 16.0 Å². The summed E-state index contributed by atoms with van der Waals surface area (Å²) in [6, 6.07) is 6.67. The van der Waals surface area contributed by atoms with Crippen molar-refractivity contribution in [2.24, 2.45) is 5.92 Å². The molecule has 2 aliphatic rings. The van der Waals surface area contributed by atoms with E-state index in [1.165, 1.54) is 7.11 Å². The van der Waals surface area contributed by atoms with Gasteiger partial charge in [-0.15, -0.1) is 0 Å². The zero-order chi connectivity index (χ0) is 27.3. The van der Waals surface area contributed by atoms with E-state index >= 15 is 0 Å². The number of hydrogen-bond donors (Lipinski definition) is 4. The molecular formula is C26H41ClN4O7. The number of amides is 3. The number of urea groups is 1. The van der Waals surface area contributed by atoms with Gasteiger partial charge in [0.05, 0.1) is 39.0 Å². The Hall–Kier alpha value is -2.15. The number of likely N-dealkylation sites (N-methyl/N-ethyl adjacent to an activating group) is 1. The van der Waals surface area contributed by atoms with Crippen molar-refractivity contribution >= 4 is 23.7 Å². The first-order valence-corrected chi connectivity index (χ1v) is 13.5. The molecule has 0 saturated carbocycles. The van der Waals surface area contributed by atoms with Gasteiger partial charge in [-0.25, -0.2) is 9.59 Å². The fraction of sp³-hybridized carbons (Fsp3) is 0.692. The minimum Gasteiger partial charge on any atom is -0.453 e. The fourth-order valence-electron chi connectivity index (χ4n) is 4.81. The number of benzene rings is 1. The molecule has 214 valence electrons. The first-order chi connectivity index (χ1) is 18.4. The Labute approximate surface area is 229 Å². The van der Waals surface area contributed by atoms with E-state index in [4.69, 9.17) is 25.8 Å². The second-order valence-corrected chi connectivity index (χ2v) is 10.0. The molecule has 4 atom stereocenters. The van der Waals surface area contributed by atoms with E-state index in [-0.39, 0.29) is 25.2 Å². The smallest absolute Gasteiger partial charge is 0.406 e. The number of nitrogens with zero attached hydrogens (tertiary/aromatic N) is 1. The summed E-state index contributed by atoms with van der Waals surface area (Å²) in [4.78, 5) is 26.4. The molecule has 2 saturated heterocycles. The van der Waals surface area contributed by atoms with E-state index in [9.17, 15) is 14.7 Å². The lowest BCUT2D eigenvalue weighted by Crippen LogP contribution is -2.56. The number of halogens is 1. The van der Waals surface area contributed by atoms with Crippen LogP contribution in [0.15, 0.2) is 24.3 Å². The third kappa shape index (κ3) is 9.55. The monoisotopic (exact) mass is 556 g/mol. The quantitative estimate of drug-likeness (QED) is 0.287. The lowest BCUT2D eigenvalue weighted by atomic mass is 9.90. The highest BCUT2D eigenvalue weighted by molar-refractivity contribution is 6.30. The standard InChI is InChI=1S/C26H41ClN4O7/c1-28-16-22(32)21(14-18-6-10-36-11-7-18)30-25(33)31-9-13-37-23(17-31)24(19-4-3-5-20(27)15-19)38-12-8-29-26(34)35-2/h3-5,15,18,21-24,28,32H,6-14,16-17H2,1-2H3,(H,29,34)(H,30,33). The highest BCUT2D eigenvalue weighted by Crippen LogP contribution is 2.28. The minimum atomic E-state index is -0.714. The summed E-state index contributed by atoms with van der Waals surface area (Å²) in [5, 5.41) is 20.0. The average molecular weight is 557 g/mol. The topological polar surface area (TPSA) is 131 Å². The zero-order valence-electron chi connectivity index (χ0n) is 22.2. The molecule has 0 bridgehead atoms. The van der Waals surface area contributed by atoms with Crippen LogP contribution in [0.25, 0.3) is 0 Å². The summed E-state index contributed by atoms with van der Waals surface area (Å²) in [5.74, 6) is 0.386. The molecule has 1 aromatic rings. The summed E-state index contributed by atoms with van der Waals surface area (Å²) in [6.45, 7) is 3.30. The summed E-state index contributed by atoms with van der Waals surface area (Å²) in [6.07, 6.45) is 0.296. The molecule has 2 aliphatic heterocycles. The number of carbonyl (C=O) groups is 2. The average Bonchev–Trinajstić information content (AvgIpc) is 2.93. The van der Waals surface area contributed by atoms with E-state index < -0.39 is 24.4 Å². The summed E-state index contributed by atoms with van der Waals surface area (Å²) >= 11 is 6.24. The number of methoxy groups -OCH3 is 1. The molecule has 11 nitrogen and oxygen atoms in total. The van der Waals surface area contributed by atoms with E-state index in [2.05, 4.69) is 20.7 Å². The Morgan fingerprint density at radius 3 is 2.76 bits per heavy atom. The number of aliphatic hydroxyl groups excluding tert-OH is 1. The van der Waals surface area contributed by atoms with Gasteiger partial charge in [-0.1, -0.05) is 23.7 Å². The maximum Gasteiger partial charge on any atom is 0.406 e. The van der Waals surface area contributed by atoms with Crippen LogP contribution in [0.2, 0.25) is 5.02 Å². The molecule has 12 heteroatoms. The van der Waals surface area contributed by atoms with Crippen molar-refractivity contribution in [1.29, 1.82) is 0 Å². The van der Waals surface area contributed by atoms with Crippen molar-refractivity contribution in [2.75, 3.05) is 66.8 Å². The maximum absolute atomic E-state index is 13.4. The number of morpholine rings is 1. The van der Waals surface area contributed by atoms with Crippen LogP contribution in [0.3, 0.4) is 0 Å². The molecule has 3 rings (SSSR count). The second kappa shape index (κ2) is 16.1. The highest BCUT2D eigenvalue weighted by Gasteiger charge is 2.34. The van der Waals surface area contributed by atoms with Gasteiger partial charge in [-0.3, -0.25) is 0 Å². The lowest BCUT2D eigenvalue weighted by Gasteiger charge is -2.38. The van der Waals surface area contributed by atoms with Crippen LogP contribution in [0.5, 0.6) is 0 Å². The Kier molecular flexibility index (Phi) is 12.9. The van der Waals surface area contributed by atoms with Gasteiger partial charge < -0.3 is 44.9 Å². The number of aliphatic hydroxyl groups is 1. The van der Waals surface area contributed by atoms with Crippen LogP contribution in [-0.2, 0) is 18.9 Å². The molecule has 0 aromatic heterocycles. The number of hydrogen-bond acceptors (Lipinski definition) is 8.